The Kier molecular flexibility index (Phi) is 10.2. The molecule has 0 fully saturated rings. The van der Waals surface area contributed by atoms with Gasteiger partial charge in [0.15, 0.2) is 17.6 Å². The number of aliphatic carboxylic acids is 2. The molecule has 0 spiro atoms. The summed E-state index contributed by atoms with van der Waals surface area (Å²) in [5.74, 6) is -0.526. The Hall–Kier alpha value is -5.31. The summed E-state index contributed by atoms with van der Waals surface area (Å²) < 4.78 is 24.4. The molecule has 3 aromatic carbocycles. The van der Waals surface area contributed by atoms with Crippen LogP contribution < -0.4 is 24.3 Å². The van der Waals surface area contributed by atoms with E-state index in [0.29, 0.717) is 46.3 Å². The molecule has 3 N–H and O–H groups in total. The Balaban J connectivity index is 1.36. The second kappa shape index (κ2) is 14.6. The number of fused-ring (bicyclic) bond motifs is 1. The second-order valence-electron chi connectivity index (χ2n) is 10.5. The first-order valence-corrected chi connectivity index (χ1v) is 14.7. The first kappa shape index (κ1) is 32.1. The predicted octanol–water partition coefficient (Wildman–Crippen LogP) is 5.60. The van der Waals surface area contributed by atoms with E-state index < -0.39 is 24.4 Å². The van der Waals surface area contributed by atoms with Crippen molar-refractivity contribution in [2.45, 2.75) is 45.2 Å². The van der Waals surface area contributed by atoms with E-state index in [1.807, 2.05) is 55.5 Å². The van der Waals surface area contributed by atoms with Crippen molar-refractivity contribution in [3.8, 4) is 29.1 Å². The third-order valence-corrected chi connectivity index (χ3v) is 7.67. The number of pyridine rings is 1. The van der Waals surface area contributed by atoms with Gasteiger partial charge in [0.1, 0.15) is 43.4 Å². The molecule has 2 heterocycles. The van der Waals surface area contributed by atoms with Crippen LogP contribution in [0, 0.1) is 18.3 Å². The molecule has 5 rings (SSSR count). The molecule has 1 aliphatic heterocycles. The number of benzene rings is 3. The number of hydrogen-bond acceptors (Lipinski definition) is 9. The Morgan fingerprint density at radius 1 is 1.04 bits per heavy atom. The van der Waals surface area contributed by atoms with Gasteiger partial charge >= 0.3 is 11.9 Å². The van der Waals surface area contributed by atoms with Crippen LogP contribution in [-0.2, 0) is 29.3 Å². The van der Waals surface area contributed by atoms with E-state index in [2.05, 4.69) is 10.3 Å². The van der Waals surface area contributed by atoms with Gasteiger partial charge in [0.25, 0.3) is 0 Å². The number of nitrogens with one attached hydrogen (secondary N) is 1. The molecule has 0 amide bonds. The van der Waals surface area contributed by atoms with Crippen molar-refractivity contribution in [3.05, 3.63) is 111 Å². The maximum absolute atomic E-state index is 11.6. The van der Waals surface area contributed by atoms with Gasteiger partial charge in [0.05, 0.1) is 17.0 Å². The molecule has 1 aromatic heterocycles. The largest absolute Gasteiger partial charge is 0.488 e. The number of nitrogens with zero attached hydrogens (tertiary/aromatic N) is 2. The minimum absolute atomic E-state index is 0.0435. The summed E-state index contributed by atoms with van der Waals surface area (Å²) in [4.78, 5) is 26.8. The molecular formula is C34H30ClN3O8. The average Bonchev–Trinajstić information content (AvgIpc) is 3.05. The van der Waals surface area contributed by atoms with E-state index >= 15 is 0 Å². The molecule has 2 atom stereocenters. The molecule has 0 saturated heterocycles. The van der Waals surface area contributed by atoms with Crippen LogP contribution in [0.4, 0.5) is 0 Å². The number of carboxylic acids is 2. The van der Waals surface area contributed by atoms with Crippen LogP contribution in [-0.4, -0.2) is 39.8 Å². The van der Waals surface area contributed by atoms with Crippen molar-refractivity contribution in [2.75, 3.05) is 6.61 Å². The van der Waals surface area contributed by atoms with Gasteiger partial charge in [-0.1, -0.05) is 41.9 Å². The Morgan fingerprint density at radius 3 is 2.59 bits per heavy atom. The first-order chi connectivity index (χ1) is 22.2. The minimum atomic E-state index is -1.33. The second-order valence-corrected chi connectivity index (χ2v) is 10.9. The van der Waals surface area contributed by atoms with E-state index in [0.717, 1.165) is 16.7 Å². The molecule has 1 aliphatic rings. The SMILES string of the molecule is Cc1c(COc2cc(OCc3cncc(C#N)c3)c(CN[C@H](CC(=O)O)C(=O)O)cc2Cl)cccc1C1COc2ccccc2O1. The number of nitriles is 1. The Morgan fingerprint density at radius 2 is 1.83 bits per heavy atom. The minimum Gasteiger partial charge on any atom is -0.488 e. The number of hydrogen-bond donors (Lipinski definition) is 3. The van der Waals surface area contributed by atoms with Crippen LogP contribution >= 0.6 is 11.6 Å². The fourth-order valence-electron chi connectivity index (χ4n) is 4.94. The molecule has 12 heteroatoms. The highest BCUT2D eigenvalue weighted by Crippen LogP contribution is 2.38. The van der Waals surface area contributed by atoms with Crippen molar-refractivity contribution in [3.63, 3.8) is 0 Å². The van der Waals surface area contributed by atoms with Crippen molar-refractivity contribution >= 4 is 23.5 Å². The third kappa shape index (κ3) is 7.85. The molecule has 1 unspecified atom stereocenters. The van der Waals surface area contributed by atoms with Gasteiger partial charge in [-0.15, -0.1) is 0 Å². The maximum Gasteiger partial charge on any atom is 0.321 e. The molecule has 236 valence electrons. The lowest BCUT2D eigenvalue weighted by molar-refractivity contribution is -0.146. The summed E-state index contributed by atoms with van der Waals surface area (Å²) in [5, 5.41) is 30.8. The number of carboxylic acid groups (broad SMARTS) is 2. The summed E-state index contributed by atoms with van der Waals surface area (Å²) in [6.07, 6.45) is 2.09. The van der Waals surface area contributed by atoms with Gasteiger partial charge in [0, 0.05) is 36.1 Å². The number of ether oxygens (including phenoxy) is 4. The molecule has 11 nitrogen and oxygen atoms in total. The smallest absolute Gasteiger partial charge is 0.321 e. The van der Waals surface area contributed by atoms with Crippen LogP contribution in [0.1, 0.15) is 45.9 Å². The van der Waals surface area contributed by atoms with Gasteiger partial charge in [-0.3, -0.25) is 19.9 Å². The topological polar surface area (TPSA) is 160 Å². The molecule has 4 aromatic rings. The lowest BCUT2D eigenvalue weighted by atomic mass is 9.98. The van der Waals surface area contributed by atoms with Gasteiger partial charge in [0.2, 0.25) is 0 Å². The van der Waals surface area contributed by atoms with E-state index in [9.17, 15) is 20.0 Å². The van der Waals surface area contributed by atoms with Gasteiger partial charge in [-0.2, -0.15) is 5.26 Å². The van der Waals surface area contributed by atoms with Crippen LogP contribution in [0.2, 0.25) is 5.02 Å². The normalized spacial score (nSPS) is 14.2. The predicted molar refractivity (Wildman–Crippen MR) is 166 cm³/mol. The average molecular weight is 644 g/mol. The summed E-state index contributed by atoms with van der Waals surface area (Å²) >= 11 is 6.63. The van der Waals surface area contributed by atoms with Crippen LogP contribution in [0.5, 0.6) is 23.0 Å². The zero-order valence-electron chi connectivity index (χ0n) is 24.7. The monoisotopic (exact) mass is 643 g/mol. The lowest BCUT2D eigenvalue weighted by Crippen LogP contribution is -2.38. The fourth-order valence-corrected chi connectivity index (χ4v) is 5.18. The van der Waals surface area contributed by atoms with Gasteiger partial charge in [-0.05, 0) is 47.9 Å². The van der Waals surface area contributed by atoms with Crippen LogP contribution in [0.25, 0.3) is 0 Å². The number of halogens is 1. The lowest BCUT2D eigenvalue weighted by Gasteiger charge is -2.28. The van der Waals surface area contributed by atoms with Gasteiger partial charge < -0.3 is 29.2 Å². The fraction of sp³-hybridized carbons (Fsp3) is 0.235. The van der Waals surface area contributed by atoms with E-state index in [1.54, 1.807) is 24.4 Å². The summed E-state index contributed by atoms with van der Waals surface area (Å²) in [7, 11) is 0. The highest BCUT2D eigenvalue weighted by Gasteiger charge is 2.25. The summed E-state index contributed by atoms with van der Waals surface area (Å²) in [6, 6.07) is 18.9. The molecule has 46 heavy (non-hydrogen) atoms. The summed E-state index contributed by atoms with van der Waals surface area (Å²) in [6.45, 7) is 2.52. The molecule has 0 saturated carbocycles. The summed E-state index contributed by atoms with van der Waals surface area (Å²) in [5.41, 5.74) is 4.33. The standard InChI is InChI=1S/C34H30ClN3O8/c1-20-23(5-4-6-25(20)32-19-45-28-7-2-3-8-29(28)46-32)18-44-31-12-30(43-17-22-9-21(13-36)14-37-15-22)24(10-26(31)35)16-38-27(34(41)42)11-33(39)40/h2-10,12,14-15,27,32,38H,11,16-19H2,1H3,(H,39,40)(H,41,42)/t27-,32?/m1/s1. The van der Waals surface area contributed by atoms with Crippen molar-refractivity contribution in [2.24, 2.45) is 0 Å². The zero-order chi connectivity index (χ0) is 32.6. The number of para-hydroxylation sites is 2. The van der Waals surface area contributed by atoms with E-state index in [4.69, 9.17) is 35.7 Å². The highest BCUT2D eigenvalue weighted by molar-refractivity contribution is 6.32. The van der Waals surface area contributed by atoms with Crippen molar-refractivity contribution in [1.29, 1.82) is 5.26 Å². The van der Waals surface area contributed by atoms with Crippen molar-refractivity contribution in [1.82, 2.24) is 10.3 Å². The maximum atomic E-state index is 11.6. The van der Waals surface area contributed by atoms with Crippen LogP contribution in [0.3, 0.4) is 0 Å². The molecule has 0 aliphatic carbocycles. The van der Waals surface area contributed by atoms with Crippen molar-refractivity contribution < 1.29 is 38.7 Å². The zero-order valence-corrected chi connectivity index (χ0v) is 25.5. The number of aromatic nitrogens is 1. The third-order valence-electron chi connectivity index (χ3n) is 7.38. The molecule has 0 bridgehead atoms. The number of carbonyl (C=O) groups is 2. The first-order valence-electron chi connectivity index (χ1n) is 14.3. The van der Waals surface area contributed by atoms with Crippen LogP contribution in [0.15, 0.2) is 73.1 Å². The van der Waals surface area contributed by atoms with E-state index in [-0.39, 0.29) is 30.9 Å². The van der Waals surface area contributed by atoms with Gasteiger partial charge in [-0.25, -0.2) is 0 Å². The molecule has 0 radical (unpaired) electrons. The Labute approximate surface area is 269 Å². The number of rotatable bonds is 13. The molecular weight excluding hydrogens is 614 g/mol. The quantitative estimate of drug-likeness (QED) is 0.166. The Bertz CT molecular complexity index is 1790. The highest BCUT2D eigenvalue weighted by atomic mass is 35.5. The van der Waals surface area contributed by atoms with E-state index in [1.165, 1.54) is 6.20 Å².